The van der Waals surface area contributed by atoms with Crippen molar-refractivity contribution >= 4 is 11.6 Å². The van der Waals surface area contributed by atoms with E-state index >= 15 is 0 Å². The number of ether oxygens (including phenoxy) is 1. The Morgan fingerprint density at radius 2 is 2.00 bits per heavy atom. The highest BCUT2D eigenvalue weighted by Gasteiger charge is 2.28. The van der Waals surface area contributed by atoms with Crippen LogP contribution in [0.4, 0.5) is 18.9 Å². The molecule has 1 aliphatic heterocycles. The van der Waals surface area contributed by atoms with Crippen molar-refractivity contribution in [2.24, 2.45) is 0 Å². The zero-order valence-electron chi connectivity index (χ0n) is 11.4. The maximum absolute atomic E-state index is 12.0. The predicted molar refractivity (Wildman–Crippen MR) is 72.3 cm³/mol. The summed E-state index contributed by atoms with van der Waals surface area (Å²) in [7, 11) is 0. The zero-order valence-corrected chi connectivity index (χ0v) is 11.4. The number of hydrogen-bond acceptors (Lipinski definition) is 3. The molecular weight excluding hydrogens is 285 g/mol. The van der Waals surface area contributed by atoms with Crippen LogP contribution in [0.3, 0.4) is 0 Å². The predicted octanol–water partition coefficient (Wildman–Crippen LogP) is 2.71. The van der Waals surface area contributed by atoms with Gasteiger partial charge in [0, 0.05) is 5.69 Å². The van der Waals surface area contributed by atoms with Crippen LogP contribution in [0, 0.1) is 0 Å². The number of halogens is 3. The van der Waals surface area contributed by atoms with Crippen molar-refractivity contribution in [3.8, 4) is 5.75 Å². The fraction of sp³-hybridized carbons (Fsp3) is 0.500. The minimum Gasteiger partial charge on any atom is -0.484 e. The summed E-state index contributed by atoms with van der Waals surface area (Å²) in [5, 5.41) is 5.86. The third kappa shape index (κ3) is 5.26. The van der Waals surface area contributed by atoms with Crippen molar-refractivity contribution < 1.29 is 22.7 Å². The van der Waals surface area contributed by atoms with Crippen molar-refractivity contribution in [2.45, 2.75) is 31.5 Å². The molecule has 1 amide bonds. The lowest BCUT2D eigenvalue weighted by Gasteiger charge is -2.22. The van der Waals surface area contributed by atoms with E-state index in [9.17, 15) is 18.0 Å². The number of alkyl halides is 3. The fourth-order valence-electron chi connectivity index (χ4n) is 2.10. The van der Waals surface area contributed by atoms with E-state index in [0.29, 0.717) is 5.69 Å². The van der Waals surface area contributed by atoms with Gasteiger partial charge in [-0.05, 0) is 43.7 Å². The summed E-state index contributed by atoms with van der Waals surface area (Å²) in [5.74, 6) is -0.0141. The molecule has 4 nitrogen and oxygen atoms in total. The van der Waals surface area contributed by atoms with Gasteiger partial charge in [0.25, 0.3) is 0 Å². The molecule has 1 fully saturated rings. The average Bonchev–Trinajstić information content (AvgIpc) is 2.46. The number of hydrogen-bond donors (Lipinski definition) is 2. The molecule has 2 rings (SSSR count). The normalized spacial score (nSPS) is 19.1. The smallest absolute Gasteiger partial charge is 0.422 e. The molecule has 0 aromatic heterocycles. The maximum atomic E-state index is 12.0. The van der Waals surface area contributed by atoms with Gasteiger partial charge in [0.15, 0.2) is 6.61 Å². The number of benzene rings is 1. The molecule has 1 atom stereocenters. The molecule has 0 spiro atoms. The highest BCUT2D eigenvalue weighted by Crippen LogP contribution is 2.20. The van der Waals surface area contributed by atoms with Crippen LogP contribution < -0.4 is 15.4 Å². The summed E-state index contributed by atoms with van der Waals surface area (Å²) in [6.07, 6.45) is -1.50. The van der Waals surface area contributed by atoms with E-state index < -0.39 is 12.8 Å². The molecule has 0 bridgehead atoms. The lowest BCUT2D eigenvalue weighted by atomic mass is 10.0. The van der Waals surface area contributed by atoms with E-state index in [1.54, 1.807) is 0 Å². The molecule has 0 saturated carbocycles. The standard InChI is InChI=1S/C14H17F3N2O2/c15-14(16,17)9-21-11-6-4-10(5-7-11)19-13(20)12-3-1-2-8-18-12/h4-7,12,18H,1-3,8-9H2,(H,19,20)/t12-/m1/s1. The van der Waals surface area contributed by atoms with E-state index in [1.807, 2.05) is 0 Å². The SMILES string of the molecule is O=C(Nc1ccc(OCC(F)(F)F)cc1)[C@H]1CCCCN1. The number of carbonyl (C=O) groups excluding carboxylic acids is 1. The van der Waals surface area contributed by atoms with Crippen LogP contribution in [-0.2, 0) is 4.79 Å². The maximum Gasteiger partial charge on any atom is 0.422 e. The van der Waals surface area contributed by atoms with Crippen molar-refractivity contribution in [2.75, 3.05) is 18.5 Å². The Bertz CT molecular complexity index is 468. The van der Waals surface area contributed by atoms with Gasteiger partial charge in [0.05, 0.1) is 6.04 Å². The highest BCUT2D eigenvalue weighted by atomic mass is 19.4. The monoisotopic (exact) mass is 302 g/mol. The molecule has 1 saturated heterocycles. The first-order valence-electron chi connectivity index (χ1n) is 6.78. The fourth-order valence-corrected chi connectivity index (χ4v) is 2.10. The molecule has 1 aromatic carbocycles. The summed E-state index contributed by atoms with van der Waals surface area (Å²) >= 11 is 0. The Balaban J connectivity index is 1.85. The molecule has 0 radical (unpaired) electrons. The van der Waals surface area contributed by atoms with Crippen LogP contribution in [0.15, 0.2) is 24.3 Å². The first-order valence-corrected chi connectivity index (χ1v) is 6.78. The molecular formula is C14H17F3N2O2. The van der Waals surface area contributed by atoms with Crippen molar-refractivity contribution in [1.29, 1.82) is 0 Å². The summed E-state index contributed by atoms with van der Waals surface area (Å²) < 4.78 is 40.6. The van der Waals surface area contributed by atoms with Gasteiger partial charge >= 0.3 is 6.18 Å². The van der Waals surface area contributed by atoms with E-state index in [-0.39, 0.29) is 17.7 Å². The third-order valence-electron chi connectivity index (χ3n) is 3.15. The van der Waals surface area contributed by atoms with Crippen LogP contribution in [0.25, 0.3) is 0 Å². The van der Waals surface area contributed by atoms with Gasteiger partial charge < -0.3 is 15.4 Å². The molecule has 1 heterocycles. The topological polar surface area (TPSA) is 50.4 Å². The number of anilines is 1. The Morgan fingerprint density at radius 3 is 2.57 bits per heavy atom. The average molecular weight is 302 g/mol. The summed E-state index contributed by atoms with van der Waals surface area (Å²) in [4.78, 5) is 12.0. The van der Waals surface area contributed by atoms with E-state index in [4.69, 9.17) is 0 Å². The first kappa shape index (κ1) is 15.6. The minimum absolute atomic E-state index is 0.112. The van der Waals surface area contributed by atoms with Crippen molar-refractivity contribution in [3.63, 3.8) is 0 Å². The van der Waals surface area contributed by atoms with Gasteiger partial charge in [-0.3, -0.25) is 4.79 Å². The summed E-state index contributed by atoms with van der Waals surface area (Å²) in [5.41, 5.74) is 0.534. The van der Waals surface area contributed by atoms with E-state index in [0.717, 1.165) is 25.8 Å². The second kappa shape index (κ2) is 6.80. The Hall–Kier alpha value is -1.76. The molecule has 2 N–H and O–H groups in total. The van der Waals surface area contributed by atoms with Gasteiger partial charge in [0.1, 0.15) is 5.75 Å². The second-order valence-electron chi connectivity index (χ2n) is 4.92. The molecule has 7 heteroatoms. The van der Waals surface area contributed by atoms with E-state index in [2.05, 4.69) is 15.4 Å². The highest BCUT2D eigenvalue weighted by molar-refractivity contribution is 5.94. The van der Waals surface area contributed by atoms with Crippen molar-refractivity contribution in [1.82, 2.24) is 5.32 Å². The minimum atomic E-state index is -4.36. The van der Waals surface area contributed by atoms with Crippen LogP contribution in [-0.4, -0.2) is 31.3 Å². The van der Waals surface area contributed by atoms with Gasteiger partial charge in [-0.1, -0.05) is 6.42 Å². The number of nitrogens with one attached hydrogen (secondary N) is 2. The molecule has 0 unspecified atom stereocenters. The number of carbonyl (C=O) groups is 1. The zero-order chi connectivity index (χ0) is 15.3. The lowest BCUT2D eigenvalue weighted by molar-refractivity contribution is -0.153. The van der Waals surface area contributed by atoms with Crippen LogP contribution in [0.2, 0.25) is 0 Å². The third-order valence-corrected chi connectivity index (χ3v) is 3.15. The van der Waals surface area contributed by atoms with Gasteiger partial charge in [-0.2, -0.15) is 13.2 Å². The van der Waals surface area contributed by atoms with Gasteiger partial charge in [-0.15, -0.1) is 0 Å². The largest absolute Gasteiger partial charge is 0.484 e. The summed E-state index contributed by atoms with van der Waals surface area (Å²) in [6.45, 7) is -0.507. The quantitative estimate of drug-likeness (QED) is 0.899. The molecule has 1 aromatic rings. The summed E-state index contributed by atoms with van der Waals surface area (Å²) in [6, 6.07) is 5.63. The van der Waals surface area contributed by atoms with E-state index in [1.165, 1.54) is 24.3 Å². The Kier molecular flexibility index (Phi) is 5.06. The molecule has 0 aliphatic carbocycles. The second-order valence-corrected chi connectivity index (χ2v) is 4.92. The Morgan fingerprint density at radius 1 is 1.29 bits per heavy atom. The number of amides is 1. The first-order chi connectivity index (χ1) is 9.94. The van der Waals surface area contributed by atoms with Crippen LogP contribution in [0.5, 0.6) is 5.75 Å². The number of piperidine rings is 1. The van der Waals surface area contributed by atoms with Gasteiger partial charge in [-0.25, -0.2) is 0 Å². The molecule has 116 valence electrons. The van der Waals surface area contributed by atoms with Crippen molar-refractivity contribution in [3.05, 3.63) is 24.3 Å². The Labute approximate surface area is 120 Å². The molecule has 1 aliphatic rings. The lowest BCUT2D eigenvalue weighted by Crippen LogP contribution is -2.43. The number of rotatable bonds is 4. The van der Waals surface area contributed by atoms with Gasteiger partial charge in [0.2, 0.25) is 5.91 Å². The van der Waals surface area contributed by atoms with Crippen LogP contribution >= 0.6 is 0 Å². The molecule has 21 heavy (non-hydrogen) atoms. The van der Waals surface area contributed by atoms with Crippen LogP contribution in [0.1, 0.15) is 19.3 Å².